The minimum Gasteiger partial charge on any atom is -0.497 e. The van der Waals surface area contributed by atoms with Gasteiger partial charge in [-0.15, -0.1) is 11.3 Å². The fourth-order valence-corrected chi connectivity index (χ4v) is 4.13. The zero-order valence-corrected chi connectivity index (χ0v) is 17.1. The number of primary amides is 1. The second-order valence-corrected chi connectivity index (χ2v) is 8.33. The zero-order valence-electron chi connectivity index (χ0n) is 15.5. The number of rotatable bonds is 9. The summed E-state index contributed by atoms with van der Waals surface area (Å²) in [5, 5.41) is 4.20. The Balaban J connectivity index is 1.90. The Morgan fingerprint density at radius 3 is 2.41 bits per heavy atom. The molecule has 2 rings (SSSR count). The molecule has 12 heteroatoms. The first kappa shape index (κ1) is 22.3. The molecule has 1 heterocycles. The summed E-state index contributed by atoms with van der Waals surface area (Å²) >= 11 is 1.08. The smallest absolute Gasteiger partial charge is 0.324 e. The average molecular weight is 441 g/mol. The molecule has 1 unspecified atom stereocenters. The van der Waals surface area contributed by atoms with E-state index in [0.717, 1.165) is 11.3 Å². The van der Waals surface area contributed by atoms with Gasteiger partial charge >= 0.3 is 5.97 Å². The molecule has 0 spiro atoms. The SMILES string of the molecule is COc1ccc(S(=O)(=O)NC(C)C(=O)OCC(=O)Nc2sccc2C(N)=O)cc1. The van der Waals surface area contributed by atoms with Gasteiger partial charge < -0.3 is 20.5 Å². The van der Waals surface area contributed by atoms with Gasteiger partial charge in [0.1, 0.15) is 16.8 Å². The molecule has 2 amide bonds. The van der Waals surface area contributed by atoms with Gasteiger partial charge in [-0.3, -0.25) is 14.4 Å². The van der Waals surface area contributed by atoms with Crippen LogP contribution in [0.3, 0.4) is 0 Å². The van der Waals surface area contributed by atoms with Crippen LogP contribution in [0.1, 0.15) is 17.3 Å². The van der Waals surface area contributed by atoms with Gasteiger partial charge in [0.2, 0.25) is 10.0 Å². The number of nitrogens with one attached hydrogen (secondary N) is 2. The minimum atomic E-state index is -3.98. The summed E-state index contributed by atoms with van der Waals surface area (Å²) < 4.78 is 36.6. The highest BCUT2D eigenvalue weighted by Crippen LogP contribution is 2.22. The van der Waals surface area contributed by atoms with Crippen LogP contribution in [0, 0.1) is 0 Å². The Kier molecular flexibility index (Phi) is 7.31. The summed E-state index contributed by atoms with van der Waals surface area (Å²) in [5.41, 5.74) is 5.31. The molecule has 0 bridgehead atoms. The predicted octanol–water partition coefficient (Wildman–Crippen LogP) is 0.704. The monoisotopic (exact) mass is 441 g/mol. The first-order chi connectivity index (χ1) is 13.6. The Morgan fingerprint density at radius 2 is 1.83 bits per heavy atom. The maximum absolute atomic E-state index is 12.3. The number of esters is 1. The van der Waals surface area contributed by atoms with Crippen LogP contribution < -0.4 is 20.5 Å². The van der Waals surface area contributed by atoms with Crippen LogP contribution in [0.5, 0.6) is 5.75 Å². The summed E-state index contributed by atoms with van der Waals surface area (Å²) in [4.78, 5) is 35.1. The van der Waals surface area contributed by atoms with Gasteiger partial charge in [-0.2, -0.15) is 4.72 Å². The van der Waals surface area contributed by atoms with E-state index < -0.39 is 40.5 Å². The molecule has 0 aliphatic rings. The van der Waals surface area contributed by atoms with Crippen LogP contribution in [0.4, 0.5) is 5.00 Å². The van der Waals surface area contributed by atoms with Gasteiger partial charge in [0.05, 0.1) is 17.6 Å². The Hall–Kier alpha value is -2.96. The van der Waals surface area contributed by atoms with E-state index in [1.165, 1.54) is 44.4 Å². The number of nitrogens with two attached hydrogens (primary N) is 1. The lowest BCUT2D eigenvalue weighted by Crippen LogP contribution is -2.40. The van der Waals surface area contributed by atoms with E-state index >= 15 is 0 Å². The molecule has 1 aromatic carbocycles. The fraction of sp³-hybridized carbons (Fsp3) is 0.235. The van der Waals surface area contributed by atoms with Gasteiger partial charge in [0.15, 0.2) is 6.61 Å². The first-order valence-electron chi connectivity index (χ1n) is 8.14. The molecule has 29 heavy (non-hydrogen) atoms. The van der Waals surface area contributed by atoms with Crippen molar-refractivity contribution < 1.29 is 32.3 Å². The summed E-state index contributed by atoms with van der Waals surface area (Å²) in [6.45, 7) is 0.620. The van der Waals surface area contributed by atoms with Crippen molar-refractivity contribution in [2.24, 2.45) is 5.73 Å². The number of hydrogen-bond donors (Lipinski definition) is 3. The Bertz CT molecular complexity index is 1000. The number of anilines is 1. The largest absolute Gasteiger partial charge is 0.497 e. The van der Waals surface area contributed by atoms with Crippen molar-refractivity contribution in [2.45, 2.75) is 17.9 Å². The van der Waals surface area contributed by atoms with E-state index in [1.807, 2.05) is 0 Å². The van der Waals surface area contributed by atoms with Crippen molar-refractivity contribution in [3.8, 4) is 5.75 Å². The number of amides is 2. The molecule has 1 aromatic heterocycles. The van der Waals surface area contributed by atoms with E-state index in [4.69, 9.17) is 15.2 Å². The van der Waals surface area contributed by atoms with Crippen LogP contribution in [0.15, 0.2) is 40.6 Å². The second-order valence-electron chi connectivity index (χ2n) is 5.70. The molecule has 2 aromatic rings. The standard InChI is InChI=1S/C17H19N3O7S2/c1-10(20-29(24,25)12-5-3-11(26-2)4-6-12)17(23)27-9-14(21)19-16-13(15(18)22)7-8-28-16/h3-8,10,20H,9H2,1-2H3,(H2,18,22)(H,19,21). The summed E-state index contributed by atoms with van der Waals surface area (Å²) in [6, 6.07) is 5.79. The van der Waals surface area contributed by atoms with Crippen LogP contribution in [0.2, 0.25) is 0 Å². The minimum absolute atomic E-state index is 0.0626. The Labute approximate surface area is 171 Å². The van der Waals surface area contributed by atoms with Crippen molar-refractivity contribution in [1.82, 2.24) is 4.72 Å². The number of ether oxygens (including phenoxy) is 2. The molecule has 0 aliphatic carbocycles. The fourth-order valence-electron chi connectivity index (χ4n) is 2.13. The Morgan fingerprint density at radius 1 is 1.17 bits per heavy atom. The number of methoxy groups -OCH3 is 1. The van der Waals surface area contributed by atoms with Gasteiger partial charge in [0, 0.05) is 0 Å². The molecule has 10 nitrogen and oxygen atoms in total. The molecule has 1 atom stereocenters. The third-order valence-corrected chi connectivity index (χ3v) is 5.97. The van der Waals surface area contributed by atoms with Crippen molar-refractivity contribution >= 4 is 44.1 Å². The average Bonchev–Trinajstić information content (AvgIpc) is 3.14. The van der Waals surface area contributed by atoms with E-state index in [2.05, 4.69) is 10.0 Å². The molecular weight excluding hydrogens is 422 g/mol. The summed E-state index contributed by atoms with van der Waals surface area (Å²) in [5.74, 6) is -1.88. The number of thiophene rings is 1. The highest BCUT2D eigenvalue weighted by atomic mass is 32.2. The van der Waals surface area contributed by atoms with Crippen LogP contribution in [0.25, 0.3) is 0 Å². The lowest BCUT2D eigenvalue weighted by molar-refractivity contribution is -0.148. The molecular formula is C17H19N3O7S2. The van der Waals surface area contributed by atoms with Crippen molar-refractivity contribution in [3.63, 3.8) is 0 Å². The number of benzene rings is 1. The molecule has 0 radical (unpaired) electrons. The summed E-state index contributed by atoms with van der Waals surface area (Å²) in [7, 11) is -2.53. The molecule has 4 N–H and O–H groups in total. The molecule has 0 fully saturated rings. The van der Waals surface area contributed by atoms with Gasteiger partial charge in [-0.1, -0.05) is 0 Å². The second kappa shape index (κ2) is 9.49. The number of sulfonamides is 1. The third-order valence-electron chi connectivity index (χ3n) is 3.58. The zero-order chi connectivity index (χ0) is 21.6. The molecule has 156 valence electrons. The first-order valence-corrected chi connectivity index (χ1v) is 10.5. The molecule has 0 aliphatic heterocycles. The van der Waals surface area contributed by atoms with Gasteiger partial charge in [0.25, 0.3) is 11.8 Å². The normalized spacial score (nSPS) is 12.1. The van der Waals surface area contributed by atoms with Crippen LogP contribution in [-0.2, 0) is 24.3 Å². The lowest BCUT2D eigenvalue weighted by atomic mass is 10.3. The molecule has 0 saturated heterocycles. The number of carbonyl (C=O) groups is 3. The molecule has 0 saturated carbocycles. The van der Waals surface area contributed by atoms with Crippen LogP contribution in [-0.4, -0.2) is 46.0 Å². The highest BCUT2D eigenvalue weighted by molar-refractivity contribution is 7.89. The lowest BCUT2D eigenvalue weighted by Gasteiger charge is -2.14. The van der Waals surface area contributed by atoms with Crippen molar-refractivity contribution in [1.29, 1.82) is 0 Å². The predicted molar refractivity (Wildman–Crippen MR) is 105 cm³/mol. The van der Waals surface area contributed by atoms with Crippen molar-refractivity contribution in [3.05, 3.63) is 41.3 Å². The van der Waals surface area contributed by atoms with E-state index in [1.54, 1.807) is 5.38 Å². The number of carbonyl (C=O) groups excluding carboxylic acids is 3. The van der Waals surface area contributed by atoms with Gasteiger partial charge in [-0.25, -0.2) is 8.42 Å². The number of hydrogen-bond acceptors (Lipinski definition) is 8. The maximum atomic E-state index is 12.3. The van der Waals surface area contributed by atoms with Crippen LogP contribution >= 0.6 is 11.3 Å². The van der Waals surface area contributed by atoms with E-state index in [-0.39, 0.29) is 15.5 Å². The summed E-state index contributed by atoms with van der Waals surface area (Å²) in [6.07, 6.45) is 0. The topological polar surface area (TPSA) is 154 Å². The third kappa shape index (κ3) is 6.01. The maximum Gasteiger partial charge on any atom is 0.324 e. The van der Waals surface area contributed by atoms with E-state index in [0.29, 0.717) is 5.75 Å². The highest BCUT2D eigenvalue weighted by Gasteiger charge is 2.24. The van der Waals surface area contributed by atoms with E-state index in [9.17, 15) is 22.8 Å². The van der Waals surface area contributed by atoms with Gasteiger partial charge in [-0.05, 0) is 42.6 Å². The van der Waals surface area contributed by atoms with Crippen molar-refractivity contribution in [2.75, 3.05) is 19.0 Å². The quantitative estimate of drug-likeness (QED) is 0.484.